The van der Waals surface area contributed by atoms with Crippen LogP contribution in [0.1, 0.15) is 31.9 Å². The van der Waals surface area contributed by atoms with E-state index in [0.29, 0.717) is 0 Å². The van der Waals surface area contributed by atoms with Crippen LogP contribution < -0.4 is 9.75 Å². The van der Waals surface area contributed by atoms with Crippen molar-refractivity contribution >= 4 is 73.0 Å². The zero-order valence-electron chi connectivity index (χ0n) is 24.0. The van der Waals surface area contributed by atoms with Gasteiger partial charge in [-0.2, -0.15) is 0 Å². The number of nitrogens with zero attached hydrogens (tertiary/aromatic N) is 2. The standard InChI is InChI=1S/C35H37N2Si/c1-21-25-11-9-10-12-26(25)32-27-14-13-22(20-35(2,3)4)17-28(27)37-29-19-24(38(6,7)8)18-23-15-16-36(5)33(31(23)29)30(21)34(32)37/h9-19H,20H2,1-8H3/q+1. The van der Waals surface area contributed by atoms with Crippen LogP contribution in [-0.4, -0.2) is 12.5 Å². The zero-order chi connectivity index (χ0) is 26.7. The molecule has 0 bridgehead atoms. The number of aryl methyl sites for hydroxylation is 2. The van der Waals surface area contributed by atoms with E-state index in [2.05, 4.69) is 130 Å². The molecule has 0 N–H and O–H groups in total. The molecule has 0 atom stereocenters. The van der Waals surface area contributed by atoms with Gasteiger partial charge in [0.2, 0.25) is 5.52 Å². The minimum atomic E-state index is -1.54. The van der Waals surface area contributed by atoms with E-state index >= 15 is 0 Å². The van der Waals surface area contributed by atoms with Crippen molar-refractivity contribution in [1.82, 2.24) is 4.40 Å². The van der Waals surface area contributed by atoms with Gasteiger partial charge < -0.3 is 4.40 Å². The average molecular weight is 514 g/mol. The Morgan fingerprint density at radius 1 is 0.789 bits per heavy atom. The van der Waals surface area contributed by atoms with Crippen molar-refractivity contribution in [2.75, 3.05) is 0 Å². The summed E-state index contributed by atoms with van der Waals surface area (Å²) < 4.78 is 4.98. The topological polar surface area (TPSA) is 8.29 Å². The summed E-state index contributed by atoms with van der Waals surface area (Å²) in [5.41, 5.74) is 8.42. The molecule has 0 saturated carbocycles. The molecule has 0 saturated heterocycles. The van der Waals surface area contributed by atoms with Gasteiger partial charge in [-0.3, -0.25) is 0 Å². The number of pyridine rings is 2. The molecule has 0 unspecified atom stereocenters. The average Bonchev–Trinajstić information content (AvgIpc) is 3.18. The Kier molecular flexibility index (Phi) is 4.72. The molecular weight excluding hydrogens is 476 g/mol. The second kappa shape index (κ2) is 7.57. The second-order valence-corrected chi connectivity index (χ2v) is 18.8. The van der Waals surface area contributed by atoms with E-state index in [-0.39, 0.29) is 5.41 Å². The first-order valence-corrected chi connectivity index (χ1v) is 17.4. The quantitative estimate of drug-likeness (QED) is 0.0949. The van der Waals surface area contributed by atoms with Crippen LogP contribution in [0.2, 0.25) is 19.6 Å². The lowest BCUT2D eigenvalue weighted by atomic mass is 9.88. The highest BCUT2D eigenvalue weighted by Crippen LogP contribution is 2.45. The van der Waals surface area contributed by atoms with Gasteiger partial charge in [0.05, 0.1) is 35.4 Å². The molecule has 0 aliphatic carbocycles. The van der Waals surface area contributed by atoms with E-state index < -0.39 is 8.07 Å². The third kappa shape index (κ3) is 3.21. The lowest BCUT2D eigenvalue weighted by Crippen LogP contribution is -2.38. The number of hydrogen-bond donors (Lipinski definition) is 0. The Hall–Kier alpha value is -3.43. The van der Waals surface area contributed by atoms with E-state index in [0.717, 1.165) is 6.42 Å². The van der Waals surface area contributed by atoms with Gasteiger partial charge in [-0.25, -0.2) is 4.57 Å². The third-order valence-corrected chi connectivity index (χ3v) is 10.6. The number of hydrogen-bond acceptors (Lipinski definition) is 0. The van der Waals surface area contributed by atoms with E-state index in [9.17, 15) is 0 Å². The lowest BCUT2D eigenvalue weighted by Gasteiger charge is -2.20. The molecule has 0 aliphatic heterocycles. The van der Waals surface area contributed by atoms with Crippen molar-refractivity contribution in [3.8, 4) is 0 Å². The fourth-order valence-corrected chi connectivity index (χ4v) is 8.00. The highest BCUT2D eigenvalue weighted by molar-refractivity contribution is 6.89. The molecule has 2 nitrogen and oxygen atoms in total. The maximum absolute atomic E-state index is 2.63. The van der Waals surface area contributed by atoms with Gasteiger partial charge in [-0.05, 0) is 58.2 Å². The molecule has 0 spiro atoms. The van der Waals surface area contributed by atoms with Crippen LogP contribution in [0.4, 0.5) is 0 Å². The summed E-state index contributed by atoms with van der Waals surface area (Å²) in [5.74, 6) is 0. The first-order chi connectivity index (χ1) is 17.9. The molecular formula is C35H37N2Si+. The largest absolute Gasteiger partial charge is 0.307 e. The highest BCUT2D eigenvalue weighted by Gasteiger charge is 2.28. The van der Waals surface area contributed by atoms with Crippen LogP contribution in [0.3, 0.4) is 0 Å². The minimum absolute atomic E-state index is 0.238. The summed E-state index contributed by atoms with van der Waals surface area (Å²) >= 11 is 0. The van der Waals surface area contributed by atoms with Gasteiger partial charge in [0.15, 0.2) is 6.20 Å². The predicted molar refractivity (Wildman–Crippen MR) is 168 cm³/mol. The van der Waals surface area contributed by atoms with E-state index in [4.69, 9.17) is 0 Å². The van der Waals surface area contributed by atoms with Gasteiger partial charge in [-0.1, -0.05) is 88.1 Å². The van der Waals surface area contributed by atoms with Crippen molar-refractivity contribution in [1.29, 1.82) is 0 Å². The predicted octanol–water partition coefficient (Wildman–Crippen LogP) is 8.41. The van der Waals surface area contributed by atoms with E-state index in [1.165, 1.54) is 76.1 Å². The molecule has 4 aromatic carbocycles. The maximum Gasteiger partial charge on any atom is 0.224 e. The van der Waals surface area contributed by atoms with Crippen molar-refractivity contribution < 1.29 is 4.57 Å². The van der Waals surface area contributed by atoms with Crippen LogP contribution in [-0.2, 0) is 13.5 Å². The monoisotopic (exact) mass is 513 g/mol. The normalized spacial score (nSPS) is 13.4. The van der Waals surface area contributed by atoms with Gasteiger partial charge in [0.1, 0.15) is 7.05 Å². The van der Waals surface area contributed by atoms with Crippen LogP contribution in [0.15, 0.2) is 66.9 Å². The van der Waals surface area contributed by atoms with Gasteiger partial charge in [0, 0.05) is 16.8 Å². The molecule has 0 amide bonds. The van der Waals surface area contributed by atoms with Crippen molar-refractivity contribution in [3.05, 3.63) is 78.0 Å². The molecule has 0 aliphatic rings. The molecule has 190 valence electrons. The Morgan fingerprint density at radius 2 is 1.53 bits per heavy atom. The number of fused-ring (bicyclic) bond motifs is 7. The Bertz CT molecular complexity index is 2080. The van der Waals surface area contributed by atoms with Crippen LogP contribution in [0.25, 0.3) is 59.8 Å². The summed E-state index contributed by atoms with van der Waals surface area (Å²) in [6, 6.07) is 23.6. The molecule has 0 fully saturated rings. The fraction of sp³-hybridized carbons (Fsp3) is 0.286. The molecule has 38 heavy (non-hydrogen) atoms. The first-order valence-electron chi connectivity index (χ1n) is 13.9. The molecule has 3 heterocycles. The van der Waals surface area contributed by atoms with Crippen LogP contribution >= 0.6 is 0 Å². The molecule has 0 radical (unpaired) electrons. The zero-order valence-corrected chi connectivity index (χ0v) is 25.0. The Labute approximate surface area is 225 Å². The fourth-order valence-electron chi connectivity index (χ4n) is 6.84. The molecule has 3 heteroatoms. The maximum atomic E-state index is 2.63. The second-order valence-electron chi connectivity index (χ2n) is 13.7. The smallest absolute Gasteiger partial charge is 0.224 e. The summed E-state index contributed by atoms with van der Waals surface area (Å²) in [7, 11) is 0.669. The SMILES string of the molecule is Cc1c2ccccc2c2c3ccc(CC(C)(C)C)cc3n3c4cc([Si](C)(C)C)cc5cc[n+](C)c(c1c23)c54. The molecule has 7 rings (SSSR count). The highest BCUT2D eigenvalue weighted by atomic mass is 28.3. The number of aromatic nitrogens is 2. The van der Waals surface area contributed by atoms with Crippen molar-refractivity contribution in [2.45, 2.75) is 53.8 Å². The van der Waals surface area contributed by atoms with Crippen LogP contribution in [0, 0.1) is 12.3 Å². The van der Waals surface area contributed by atoms with Gasteiger partial charge >= 0.3 is 0 Å². The molecule has 7 aromatic rings. The number of rotatable bonds is 2. The lowest BCUT2D eigenvalue weighted by molar-refractivity contribution is -0.643. The third-order valence-electron chi connectivity index (χ3n) is 8.54. The van der Waals surface area contributed by atoms with Gasteiger partial charge in [0.25, 0.3) is 0 Å². The summed E-state index contributed by atoms with van der Waals surface area (Å²) in [6.07, 6.45) is 3.32. The Balaban J connectivity index is 1.85. The van der Waals surface area contributed by atoms with Crippen LogP contribution in [0.5, 0.6) is 0 Å². The first kappa shape index (κ1) is 23.7. The van der Waals surface area contributed by atoms with Gasteiger partial charge in [-0.15, -0.1) is 0 Å². The minimum Gasteiger partial charge on any atom is -0.307 e. The van der Waals surface area contributed by atoms with Crippen molar-refractivity contribution in [3.63, 3.8) is 0 Å². The number of benzene rings is 4. The summed E-state index contributed by atoms with van der Waals surface area (Å²) in [6.45, 7) is 16.7. The van der Waals surface area contributed by atoms with Crippen molar-refractivity contribution in [2.24, 2.45) is 12.5 Å². The summed E-state index contributed by atoms with van der Waals surface area (Å²) in [4.78, 5) is 0. The Morgan fingerprint density at radius 3 is 2.24 bits per heavy atom. The van der Waals surface area contributed by atoms with E-state index in [1.807, 2.05) is 0 Å². The molecule has 3 aromatic heterocycles. The van der Waals surface area contributed by atoms with E-state index in [1.54, 1.807) is 0 Å². The summed E-state index contributed by atoms with van der Waals surface area (Å²) in [5, 5.41) is 11.1.